The molecule has 146 valence electrons. The molecule has 0 saturated heterocycles. The van der Waals surface area contributed by atoms with Gasteiger partial charge >= 0.3 is 8.56 Å². The highest BCUT2D eigenvalue weighted by Crippen LogP contribution is 2.56. The molecule has 0 aromatic heterocycles. The van der Waals surface area contributed by atoms with E-state index in [0.717, 1.165) is 18.6 Å². The molecule has 0 N–H and O–H groups in total. The highest BCUT2D eigenvalue weighted by molar-refractivity contribution is 7.95. The van der Waals surface area contributed by atoms with Crippen molar-refractivity contribution in [1.29, 1.82) is 0 Å². The molecule has 0 amide bonds. The Kier molecular flexibility index (Phi) is 7.20. The summed E-state index contributed by atoms with van der Waals surface area (Å²) < 4.78 is 11.5. The summed E-state index contributed by atoms with van der Waals surface area (Å²) in [7, 11) is -0.268. The maximum atomic E-state index is 5.75. The quantitative estimate of drug-likeness (QED) is 0.376. The predicted octanol–water partition coefficient (Wildman–Crippen LogP) is 4.74. The first-order valence-corrected chi connectivity index (χ1v) is 14.3. The summed E-state index contributed by atoms with van der Waals surface area (Å²) >= 11 is 0. The molecule has 0 heterocycles. The normalized spacial score (nSPS) is 12.1. The van der Waals surface area contributed by atoms with Gasteiger partial charge < -0.3 is 8.85 Å². The number of hydrogen-bond acceptors (Lipinski definition) is 2. The van der Waals surface area contributed by atoms with Gasteiger partial charge in [0.25, 0.3) is 0 Å². The predicted molar refractivity (Wildman–Crippen MR) is 125 cm³/mol. The molecule has 0 spiro atoms. The molecule has 4 heteroatoms. The van der Waals surface area contributed by atoms with Gasteiger partial charge in [-0.3, -0.25) is 0 Å². The Morgan fingerprint density at radius 3 is 1.32 bits per heavy atom. The van der Waals surface area contributed by atoms with E-state index in [1.807, 2.05) is 0 Å². The Balaban J connectivity index is 2.09. The lowest BCUT2D eigenvalue weighted by Crippen LogP contribution is -2.38. The number of benzene rings is 3. The average molecular weight is 410 g/mol. The fraction of sp³-hybridized carbons (Fsp3) is 0.250. The summed E-state index contributed by atoms with van der Waals surface area (Å²) in [6.07, 6.45) is 2.19. The van der Waals surface area contributed by atoms with E-state index in [4.69, 9.17) is 8.85 Å². The van der Waals surface area contributed by atoms with Crippen LogP contribution in [0.1, 0.15) is 6.42 Å². The average Bonchev–Trinajstić information content (AvgIpc) is 2.78. The Labute approximate surface area is 171 Å². The molecule has 0 aliphatic rings. The summed E-state index contributed by atoms with van der Waals surface area (Å²) in [5, 5.41) is 4.31. The monoisotopic (exact) mass is 409 g/mol. The first kappa shape index (κ1) is 20.9. The van der Waals surface area contributed by atoms with Crippen molar-refractivity contribution in [1.82, 2.24) is 0 Å². The second-order valence-electron chi connectivity index (χ2n) is 7.19. The highest BCUT2D eigenvalue weighted by Gasteiger charge is 2.45. The fourth-order valence-electron chi connectivity index (χ4n) is 3.81. The summed E-state index contributed by atoms with van der Waals surface area (Å²) in [4.78, 5) is 0. The standard InChI is InChI=1S/C24H30O2PSi/c1-25-28(3,26-2)21-13-20-27(22-14-7-4-8-15-22,23-16-9-5-10-17-23)24-18-11-6-12-19-24/h4-12,14-19H,13,20-21H2,1-3H3/q+1. The lowest BCUT2D eigenvalue weighted by Gasteiger charge is -2.29. The first-order valence-electron chi connectivity index (χ1n) is 9.80. The lowest BCUT2D eigenvalue weighted by atomic mass is 10.4. The molecule has 0 radical (unpaired) electrons. The number of rotatable bonds is 9. The van der Waals surface area contributed by atoms with Crippen molar-refractivity contribution < 1.29 is 8.85 Å². The summed E-state index contributed by atoms with van der Waals surface area (Å²) in [5.74, 6) is 0. The van der Waals surface area contributed by atoms with Crippen LogP contribution >= 0.6 is 7.26 Å². The van der Waals surface area contributed by atoms with E-state index >= 15 is 0 Å². The zero-order chi connectivity index (χ0) is 19.9. The molecule has 2 nitrogen and oxygen atoms in total. The van der Waals surface area contributed by atoms with Gasteiger partial charge in [0.1, 0.15) is 23.2 Å². The van der Waals surface area contributed by atoms with Gasteiger partial charge in [0.2, 0.25) is 0 Å². The van der Waals surface area contributed by atoms with Crippen molar-refractivity contribution in [3.63, 3.8) is 0 Å². The van der Waals surface area contributed by atoms with Crippen LogP contribution in [0.5, 0.6) is 0 Å². The maximum Gasteiger partial charge on any atom is 0.334 e. The third kappa shape index (κ3) is 4.44. The minimum atomic E-state index is -2.08. The van der Waals surface area contributed by atoms with Crippen molar-refractivity contribution >= 4 is 31.7 Å². The van der Waals surface area contributed by atoms with E-state index in [0.29, 0.717) is 0 Å². The molecule has 0 saturated carbocycles. The molecule has 3 aromatic carbocycles. The SMILES string of the molecule is CO[Si](C)(CCC[P+](c1ccccc1)(c1ccccc1)c1ccccc1)OC. The third-order valence-electron chi connectivity index (χ3n) is 5.58. The van der Waals surface area contributed by atoms with E-state index in [-0.39, 0.29) is 0 Å². The smallest absolute Gasteiger partial charge is 0.334 e. The Hall–Kier alpha value is -1.77. The molecule has 0 aliphatic carbocycles. The van der Waals surface area contributed by atoms with Crippen LogP contribution in [0.3, 0.4) is 0 Å². The van der Waals surface area contributed by atoms with Crippen molar-refractivity contribution in [3.8, 4) is 0 Å². The van der Waals surface area contributed by atoms with E-state index < -0.39 is 15.8 Å². The van der Waals surface area contributed by atoms with Gasteiger partial charge in [0.05, 0.1) is 6.16 Å². The summed E-state index contributed by atoms with van der Waals surface area (Å²) in [6, 6.07) is 34.1. The largest absolute Gasteiger partial charge is 0.398 e. The molecule has 3 aromatic rings. The molecule has 0 fully saturated rings. The Morgan fingerprint density at radius 1 is 0.643 bits per heavy atom. The van der Waals surface area contributed by atoms with Crippen LogP contribution in [0.2, 0.25) is 12.6 Å². The van der Waals surface area contributed by atoms with Crippen LogP contribution in [0.25, 0.3) is 0 Å². The fourth-order valence-corrected chi connectivity index (χ4v) is 9.84. The zero-order valence-electron chi connectivity index (χ0n) is 17.0. The van der Waals surface area contributed by atoms with Crippen LogP contribution < -0.4 is 15.9 Å². The van der Waals surface area contributed by atoms with Crippen LogP contribution in [0.15, 0.2) is 91.0 Å². The molecule has 0 unspecified atom stereocenters. The van der Waals surface area contributed by atoms with Crippen molar-refractivity contribution in [2.75, 3.05) is 20.4 Å². The molecule has 0 atom stereocenters. The van der Waals surface area contributed by atoms with Crippen molar-refractivity contribution in [2.24, 2.45) is 0 Å². The van der Waals surface area contributed by atoms with E-state index in [9.17, 15) is 0 Å². The maximum absolute atomic E-state index is 5.75. The van der Waals surface area contributed by atoms with E-state index in [1.54, 1.807) is 14.2 Å². The number of hydrogen-bond donors (Lipinski definition) is 0. The molecule has 0 bridgehead atoms. The summed E-state index contributed by atoms with van der Waals surface area (Å²) in [5.41, 5.74) is 0. The van der Waals surface area contributed by atoms with Gasteiger partial charge in [-0.05, 0) is 55.4 Å². The van der Waals surface area contributed by atoms with Crippen LogP contribution in [-0.2, 0) is 8.85 Å². The molecular weight excluding hydrogens is 379 g/mol. The van der Waals surface area contributed by atoms with Crippen LogP contribution in [-0.4, -0.2) is 28.9 Å². The molecule has 3 rings (SSSR count). The highest BCUT2D eigenvalue weighted by atomic mass is 31.2. The van der Waals surface area contributed by atoms with Gasteiger partial charge in [-0.2, -0.15) is 0 Å². The van der Waals surface area contributed by atoms with E-state index in [1.165, 1.54) is 15.9 Å². The second kappa shape index (κ2) is 9.62. The van der Waals surface area contributed by atoms with Gasteiger partial charge in [0, 0.05) is 14.2 Å². The first-order chi connectivity index (χ1) is 13.6. The topological polar surface area (TPSA) is 18.5 Å². The zero-order valence-corrected chi connectivity index (χ0v) is 18.9. The van der Waals surface area contributed by atoms with Gasteiger partial charge in [0.15, 0.2) is 0 Å². The minimum absolute atomic E-state index is 0.994. The minimum Gasteiger partial charge on any atom is -0.398 e. The molecule has 28 heavy (non-hydrogen) atoms. The van der Waals surface area contributed by atoms with Gasteiger partial charge in [-0.25, -0.2) is 0 Å². The van der Waals surface area contributed by atoms with Crippen molar-refractivity contribution in [2.45, 2.75) is 19.0 Å². The van der Waals surface area contributed by atoms with Crippen molar-refractivity contribution in [3.05, 3.63) is 91.0 Å². The van der Waals surface area contributed by atoms with Gasteiger partial charge in [-0.1, -0.05) is 54.6 Å². The van der Waals surface area contributed by atoms with Gasteiger partial charge in [-0.15, -0.1) is 0 Å². The Morgan fingerprint density at radius 2 is 1.00 bits per heavy atom. The van der Waals surface area contributed by atoms with E-state index in [2.05, 4.69) is 97.5 Å². The van der Waals surface area contributed by atoms with Crippen LogP contribution in [0, 0.1) is 0 Å². The molecule has 0 aliphatic heterocycles. The lowest BCUT2D eigenvalue weighted by molar-refractivity contribution is 0.249. The second-order valence-corrected chi connectivity index (χ2v) is 14.4. The Bertz CT molecular complexity index is 740. The molecular formula is C24H30O2PSi+. The third-order valence-corrected chi connectivity index (χ3v) is 13.1. The summed E-state index contributed by atoms with van der Waals surface area (Å²) in [6.45, 7) is 2.15. The van der Waals surface area contributed by atoms with Crippen LogP contribution in [0.4, 0.5) is 0 Å².